The van der Waals surface area contributed by atoms with Crippen molar-refractivity contribution >= 4 is 10.8 Å². The molecule has 1 aliphatic carbocycles. The number of nitrogens with zero attached hydrogens (tertiary/aromatic N) is 1. The summed E-state index contributed by atoms with van der Waals surface area (Å²) in [6.07, 6.45) is 4.56. The minimum atomic E-state index is -1.47. The number of benzene rings is 1. The summed E-state index contributed by atoms with van der Waals surface area (Å²) in [7, 11) is -1.47. The predicted octanol–water partition coefficient (Wildman–Crippen LogP) is 4.18. The van der Waals surface area contributed by atoms with Crippen molar-refractivity contribution < 1.29 is 13.0 Å². The lowest BCUT2D eigenvalue weighted by Gasteiger charge is -2.32. The zero-order valence-corrected chi connectivity index (χ0v) is 12.8. The van der Waals surface area contributed by atoms with Crippen molar-refractivity contribution in [1.29, 1.82) is 5.26 Å². The van der Waals surface area contributed by atoms with Gasteiger partial charge in [0.25, 0.3) is 0 Å². The van der Waals surface area contributed by atoms with Gasteiger partial charge in [-0.15, -0.1) is 0 Å². The Morgan fingerprint density at radius 3 is 2.71 bits per heavy atom. The van der Waals surface area contributed by atoms with E-state index in [9.17, 15) is 18.3 Å². The highest BCUT2D eigenvalue weighted by atomic mass is 32.2. The van der Waals surface area contributed by atoms with Crippen LogP contribution in [-0.4, -0.2) is 9.46 Å². The molecular weight excluding hydrogens is 292 g/mol. The van der Waals surface area contributed by atoms with Gasteiger partial charge in [0.1, 0.15) is 0 Å². The van der Waals surface area contributed by atoms with Crippen LogP contribution >= 0.6 is 0 Å². The van der Waals surface area contributed by atoms with Gasteiger partial charge < -0.3 is 0 Å². The van der Waals surface area contributed by atoms with E-state index in [1.807, 2.05) is 0 Å². The molecule has 1 aromatic carbocycles. The SMILES string of the molecule is CCCC1CCC(C#N)C(S(=O)c2ccc(F)c(F)c2)C1. The van der Waals surface area contributed by atoms with Crippen LogP contribution in [0, 0.1) is 34.8 Å². The van der Waals surface area contributed by atoms with E-state index in [2.05, 4.69) is 13.0 Å². The Bertz CT molecular complexity index is 570. The third-order valence-electron chi connectivity index (χ3n) is 4.16. The van der Waals surface area contributed by atoms with Crippen molar-refractivity contribution in [2.24, 2.45) is 11.8 Å². The molecule has 0 aliphatic heterocycles. The maximum absolute atomic E-state index is 13.3. The highest BCUT2D eigenvalue weighted by Gasteiger charge is 2.35. The van der Waals surface area contributed by atoms with Crippen LogP contribution in [0.2, 0.25) is 0 Å². The molecule has 4 unspecified atom stereocenters. The Balaban J connectivity index is 2.21. The van der Waals surface area contributed by atoms with Crippen molar-refractivity contribution in [1.82, 2.24) is 0 Å². The van der Waals surface area contributed by atoms with E-state index in [-0.39, 0.29) is 16.1 Å². The Labute approximate surface area is 126 Å². The molecule has 1 fully saturated rings. The largest absolute Gasteiger partial charge is 0.254 e. The zero-order chi connectivity index (χ0) is 15.4. The van der Waals surface area contributed by atoms with Gasteiger partial charge in [0, 0.05) is 4.90 Å². The Morgan fingerprint density at radius 2 is 2.10 bits per heavy atom. The molecule has 5 heteroatoms. The molecule has 2 nitrogen and oxygen atoms in total. The third-order valence-corrected chi connectivity index (χ3v) is 5.95. The van der Waals surface area contributed by atoms with E-state index in [0.29, 0.717) is 5.92 Å². The number of hydrogen-bond donors (Lipinski definition) is 0. The molecule has 0 saturated heterocycles. The monoisotopic (exact) mass is 311 g/mol. The Morgan fingerprint density at radius 1 is 1.33 bits per heavy atom. The molecule has 0 heterocycles. The smallest absolute Gasteiger partial charge is 0.160 e. The summed E-state index contributed by atoms with van der Waals surface area (Å²) in [6, 6.07) is 5.57. The van der Waals surface area contributed by atoms with Crippen LogP contribution in [0.3, 0.4) is 0 Å². The second-order valence-electron chi connectivity index (χ2n) is 5.62. The first-order chi connectivity index (χ1) is 10.1. The quantitative estimate of drug-likeness (QED) is 0.837. The van der Waals surface area contributed by atoms with Crippen LogP contribution in [0.5, 0.6) is 0 Å². The molecule has 0 radical (unpaired) electrons. The van der Waals surface area contributed by atoms with Gasteiger partial charge in [-0.3, -0.25) is 4.21 Å². The van der Waals surface area contributed by atoms with E-state index in [1.54, 1.807) is 0 Å². The number of halogens is 2. The van der Waals surface area contributed by atoms with E-state index >= 15 is 0 Å². The molecule has 1 aliphatic rings. The minimum absolute atomic E-state index is 0.271. The third kappa shape index (κ3) is 3.68. The van der Waals surface area contributed by atoms with Crippen molar-refractivity contribution in [3.05, 3.63) is 29.8 Å². The van der Waals surface area contributed by atoms with Gasteiger partial charge in [-0.25, -0.2) is 8.78 Å². The Kier molecular flexibility index (Phi) is 5.46. The summed E-state index contributed by atoms with van der Waals surface area (Å²) in [5.74, 6) is -1.73. The van der Waals surface area contributed by atoms with Gasteiger partial charge in [-0.05, 0) is 43.4 Å². The summed E-state index contributed by atoms with van der Waals surface area (Å²) in [5.41, 5.74) is 0. The van der Waals surface area contributed by atoms with E-state index in [4.69, 9.17) is 0 Å². The average molecular weight is 311 g/mol. The molecule has 0 N–H and O–H groups in total. The van der Waals surface area contributed by atoms with Crippen LogP contribution < -0.4 is 0 Å². The van der Waals surface area contributed by atoms with Crippen LogP contribution in [-0.2, 0) is 10.8 Å². The molecule has 21 heavy (non-hydrogen) atoms. The fourth-order valence-electron chi connectivity index (χ4n) is 3.04. The van der Waals surface area contributed by atoms with Gasteiger partial charge in [0.15, 0.2) is 11.6 Å². The first kappa shape index (κ1) is 16.1. The molecule has 1 aromatic rings. The normalized spacial score (nSPS) is 27.0. The molecule has 114 valence electrons. The maximum Gasteiger partial charge on any atom is 0.160 e. The van der Waals surface area contributed by atoms with Crippen molar-refractivity contribution in [3.63, 3.8) is 0 Å². The zero-order valence-electron chi connectivity index (χ0n) is 12.0. The second-order valence-corrected chi connectivity index (χ2v) is 7.29. The molecular formula is C16H19F2NOS. The van der Waals surface area contributed by atoms with Crippen molar-refractivity contribution in [2.75, 3.05) is 0 Å². The van der Waals surface area contributed by atoms with Gasteiger partial charge in [0.05, 0.1) is 28.0 Å². The maximum atomic E-state index is 13.3. The van der Waals surface area contributed by atoms with E-state index in [1.165, 1.54) is 6.07 Å². The molecule has 0 bridgehead atoms. The van der Waals surface area contributed by atoms with Crippen molar-refractivity contribution in [2.45, 2.75) is 49.2 Å². The van der Waals surface area contributed by atoms with Crippen LogP contribution in [0.25, 0.3) is 0 Å². The molecule has 2 rings (SSSR count). The van der Waals surface area contributed by atoms with Gasteiger partial charge >= 0.3 is 0 Å². The van der Waals surface area contributed by atoms with Crippen LogP contribution in [0.15, 0.2) is 23.1 Å². The number of rotatable bonds is 4. The lowest BCUT2D eigenvalue weighted by Crippen LogP contribution is -2.32. The number of nitriles is 1. The minimum Gasteiger partial charge on any atom is -0.254 e. The lowest BCUT2D eigenvalue weighted by molar-refractivity contribution is 0.303. The lowest BCUT2D eigenvalue weighted by atomic mass is 9.80. The van der Waals surface area contributed by atoms with Crippen LogP contribution in [0.1, 0.15) is 39.0 Å². The molecule has 0 spiro atoms. The summed E-state index contributed by atoms with van der Waals surface area (Å²) in [5, 5.41) is 8.97. The molecule has 1 saturated carbocycles. The summed E-state index contributed by atoms with van der Waals surface area (Å²) >= 11 is 0. The summed E-state index contributed by atoms with van der Waals surface area (Å²) < 4.78 is 38.9. The standard InChI is InChI=1S/C16H19F2NOS/c1-2-3-11-4-5-12(10-19)16(8-11)21(20)13-6-7-14(17)15(18)9-13/h6-7,9,11-12,16H,2-5,8H2,1H3. The predicted molar refractivity (Wildman–Crippen MR) is 77.9 cm³/mol. The first-order valence-electron chi connectivity index (χ1n) is 7.32. The topological polar surface area (TPSA) is 40.9 Å². The summed E-state index contributed by atoms with van der Waals surface area (Å²) in [4.78, 5) is 0.274. The average Bonchev–Trinajstić information content (AvgIpc) is 2.49. The second kappa shape index (κ2) is 7.13. The summed E-state index contributed by atoms with van der Waals surface area (Å²) in [6.45, 7) is 2.11. The number of hydrogen-bond acceptors (Lipinski definition) is 2. The van der Waals surface area contributed by atoms with Gasteiger partial charge in [-0.1, -0.05) is 19.8 Å². The van der Waals surface area contributed by atoms with Gasteiger partial charge in [-0.2, -0.15) is 5.26 Å². The van der Waals surface area contributed by atoms with E-state index in [0.717, 1.165) is 44.2 Å². The Hall–Kier alpha value is -1.28. The highest BCUT2D eigenvalue weighted by molar-refractivity contribution is 7.85. The molecule has 0 amide bonds. The fourth-order valence-corrected chi connectivity index (χ4v) is 4.76. The molecule has 0 aromatic heterocycles. The molecule has 4 atom stereocenters. The fraction of sp³-hybridized carbons (Fsp3) is 0.562. The highest BCUT2D eigenvalue weighted by Crippen LogP contribution is 2.36. The first-order valence-corrected chi connectivity index (χ1v) is 8.53. The van der Waals surface area contributed by atoms with Crippen LogP contribution in [0.4, 0.5) is 8.78 Å². The van der Waals surface area contributed by atoms with Crippen molar-refractivity contribution in [3.8, 4) is 6.07 Å². The van der Waals surface area contributed by atoms with E-state index < -0.39 is 22.4 Å². The van der Waals surface area contributed by atoms with Gasteiger partial charge in [0.2, 0.25) is 0 Å².